The monoisotopic (exact) mass is 534 g/mol. The molecule has 150 valence electrons. The molecule has 0 radical (unpaired) electrons. The molecule has 0 N–H and O–H groups in total. The van der Waals surface area contributed by atoms with E-state index in [1.165, 1.54) is 0 Å². The number of rotatable bonds is 3. The zero-order chi connectivity index (χ0) is 21.4. The first-order valence-electron chi connectivity index (χ1n) is 9.74. The van der Waals surface area contributed by atoms with E-state index in [0.29, 0.717) is 21.7 Å². The molecule has 0 spiro atoms. The highest BCUT2D eigenvalue weighted by atomic mass is 127. The van der Waals surface area contributed by atoms with Crippen molar-refractivity contribution < 1.29 is 0 Å². The molecule has 1 heterocycles. The van der Waals surface area contributed by atoms with Crippen molar-refractivity contribution in [3.8, 4) is 5.69 Å². The molecule has 5 rings (SSSR count). The number of nitrogens with zero attached hydrogens (tertiary/aromatic N) is 2. The van der Waals surface area contributed by atoms with E-state index >= 15 is 0 Å². The molecule has 5 heteroatoms. The van der Waals surface area contributed by atoms with Crippen LogP contribution >= 0.6 is 34.2 Å². The van der Waals surface area contributed by atoms with Gasteiger partial charge < -0.3 is 0 Å². The maximum absolute atomic E-state index is 13.7. The Morgan fingerprint density at radius 3 is 2.45 bits per heavy atom. The Balaban J connectivity index is 1.80. The van der Waals surface area contributed by atoms with Gasteiger partial charge in [-0.15, -0.1) is 0 Å². The van der Waals surface area contributed by atoms with Gasteiger partial charge in [0.05, 0.1) is 16.6 Å². The topological polar surface area (TPSA) is 34.9 Å². The third-order valence-corrected chi connectivity index (χ3v) is 6.08. The first-order chi connectivity index (χ1) is 15.1. The van der Waals surface area contributed by atoms with Crippen molar-refractivity contribution >= 4 is 68.0 Å². The van der Waals surface area contributed by atoms with Gasteiger partial charge in [-0.05, 0) is 76.0 Å². The average molecular weight is 535 g/mol. The first kappa shape index (κ1) is 20.0. The summed E-state index contributed by atoms with van der Waals surface area (Å²) in [5, 5.41) is 3.36. The molecule has 31 heavy (non-hydrogen) atoms. The molecule has 0 saturated carbocycles. The summed E-state index contributed by atoms with van der Waals surface area (Å²) >= 11 is 8.23. The number of halogens is 2. The largest absolute Gasteiger partial charge is 0.268 e. The van der Waals surface area contributed by atoms with Gasteiger partial charge in [0.1, 0.15) is 5.82 Å². The second-order valence-electron chi connectivity index (χ2n) is 7.16. The Labute approximate surface area is 197 Å². The minimum absolute atomic E-state index is 0.0874. The molecule has 3 nitrogen and oxygen atoms in total. The van der Waals surface area contributed by atoms with E-state index in [2.05, 4.69) is 22.6 Å². The zero-order valence-corrected chi connectivity index (χ0v) is 19.2. The summed E-state index contributed by atoms with van der Waals surface area (Å²) in [5.74, 6) is 0.574. The van der Waals surface area contributed by atoms with Crippen molar-refractivity contribution in [1.82, 2.24) is 9.55 Å². The summed E-state index contributed by atoms with van der Waals surface area (Å²) < 4.78 is 2.70. The Kier molecular flexibility index (Phi) is 5.34. The maximum atomic E-state index is 13.7. The number of benzene rings is 4. The number of hydrogen-bond acceptors (Lipinski definition) is 2. The van der Waals surface area contributed by atoms with Gasteiger partial charge >= 0.3 is 0 Å². The lowest BCUT2D eigenvalue weighted by molar-refractivity contribution is 0.951. The van der Waals surface area contributed by atoms with E-state index in [0.717, 1.165) is 25.6 Å². The standard InChI is InChI=1S/C26H16ClIN2O/c27-19-11-8-17(9-12-19)10-15-25-29-23-14-13-20(28)16-22(23)26(31)30(25)24-7-3-5-18-4-1-2-6-21(18)24/h1-16H. The number of aromatic nitrogens is 2. The van der Waals surface area contributed by atoms with Crippen LogP contribution in [0.25, 0.3) is 39.5 Å². The summed E-state index contributed by atoms with van der Waals surface area (Å²) in [5.41, 5.74) is 2.38. The van der Waals surface area contributed by atoms with Crippen LogP contribution in [-0.2, 0) is 0 Å². The van der Waals surface area contributed by atoms with Gasteiger partial charge in [-0.1, -0.05) is 66.2 Å². The van der Waals surface area contributed by atoms with Gasteiger partial charge in [0.15, 0.2) is 0 Å². The van der Waals surface area contributed by atoms with Crippen molar-refractivity contribution in [3.05, 3.63) is 115 Å². The third kappa shape index (κ3) is 3.89. The Morgan fingerprint density at radius 1 is 0.839 bits per heavy atom. The molecule has 0 fully saturated rings. The Morgan fingerprint density at radius 2 is 1.61 bits per heavy atom. The molecule has 0 unspecified atom stereocenters. The molecule has 5 aromatic rings. The van der Waals surface area contributed by atoms with Crippen LogP contribution in [0.5, 0.6) is 0 Å². The summed E-state index contributed by atoms with van der Waals surface area (Å²) in [6.45, 7) is 0. The molecule has 0 atom stereocenters. The van der Waals surface area contributed by atoms with Crippen LogP contribution < -0.4 is 5.56 Å². The van der Waals surface area contributed by atoms with Crippen LogP contribution in [0.4, 0.5) is 0 Å². The van der Waals surface area contributed by atoms with Crippen LogP contribution in [0.1, 0.15) is 11.4 Å². The van der Waals surface area contributed by atoms with Crippen molar-refractivity contribution in [1.29, 1.82) is 0 Å². The molecule has 0 aliphatic rings. The fourth-order valence-electron chi connectivity index (χ4n) is 3.67. The molecule has 0 bridgehead atoms. The summed E-state index contributed by atoms with van der Waals surface area (Å²) in [4.78, 5) is 18.5. The summed E-state index contributed by atoms with van der Waals surface area (Å²) in [7, 11) is 0. The normalized spacial score (nSPS) is 11.5. The van der Waals surface area contributed by atoms with Gasteiger partial charge in [-0.3, -0.25) is 9.36 Å². The van der Waals surface area contributed by atoms with Crippen LogP contribution in [-0.4, -0.2) is 9.55 Å². The van der Waals surface area contributed by atoms with Crippen molar-refractivity contribution in [3.63, 3.8) is 0 Å². The molecule has 1 aromatic heterocycles. The Bertz CT molecular complexity index is 1520. The maximum Gasteiger partial charge on any atom is 0.266 e. The molecule has 0 aliphatic heterocycles. The highest BCUT2D eigenvalue weighted by Crippen LogP contribution is 2.24. The SMILES string of the molecule is O=c1c2cc(I)ccc2nc(C=Cc2ccc(Cl)cc2)n1-c1cccc2ccccc12. The van der Waals surface area contributed by atoms with Crippen molar-refractivity contribution in [2.75, 3.05) is 0 Å². The van der Waals surface area contributed by atoms with Crippen LogP contribution in [0, 0.1) is 3.57 Å². The smallest absolute Gasteiger partial charge is 0.266 e. The predicted octanol–water partition coefficient (Wildman–Crippen LogP) is 6.97. The zero-order valence-electron chi connectivity index (χ0n) is 16.3. The molecular formula is C26H16ClIN2O. The van der Waals surface area contributed by atoms with Gasteiger partial charge in [0, 0.05) is 14.0 Å². The van der Waals surface area contributed by atoms with E-state index in [-0.39, 0.29) is 5.56 Å². The Hall–Kier alpha value is -2.96. The first-order valence-corrected chi connectivity index (χ1v) is 11.2. The van der Waals surface area contributed by atoms with Crippen molar-refractivity contribution in [2.24, 2.45) is 0 Å². The van der Waals surface area contributed by atoms with Gasteiger partial charge in [0.25, 0.3) is 5.56 Å². The van der Waals surface area contributed by atoms with E-state index in [4.69, 9.17) is 16.6 Å². The summed E-state index contributed by atoms with van der Waals surface area (Å²) in [6.07, 6.45) is 3.82. The predicted molar refractivity (Wildman–Crippen MR) is 138 cm³/mol. The molecule has 4 aromatic carbocycles. The second kappa shape index (κ2) is 8.29. The highest BCUT2D eigenvalue weighted by molar-refractivity contribution is 14.1. The minimum Gasteiger partial charge on any atom is -0.268 e. The lowest BCUT2D eigenvalue weighted by atomic mass is 10.1. The van der Waals surface area contributed by atoms with Crippen LogP contribution in [0.15, 0.2) is 89.7 Å². The van der Waals surface area contributed by atoms with Gasteiger partial charge in [-0.2, -0.15) is 0 Å². The summed E-state index contributed by atoms with van der Waals surface area (Å²) in [6, 6.07) is 27.3. The van der Waals surface area contributed by atoms with Crippen molar-refractivity contribution in [2.45, 2.75) is 0 Å². The lowest BCUT2D eigenvalue weighted by Gasteiger charge is -2.14. The lowest BCUT2D eigenvalue weighted by Crippen LogP contribution is -2.22. The molecule has 0 amide bonds. The third-order valence-electron chi connectivity index (χ3n) is 5.16. The van der Waals surface area contributed by atoms with Crippen LogP contribution in [0.3, 0.4) is 0 Å². The fourth-order valence-corrected chi connectivity index (χ4v) is 4.28. The number of fused-ring (bicyclic) bond motifs is 2. The highest BCUT2D eigenvalue weighted by Gasteiger charge is 2.13. The van der Waals surface area contributed by atoms with Gasteiger partial charge in [0.2, 0.25) is 0 Å². The number of hydrogen-bond donors (Lipinski definition) is 0. The van der Waals surface area contributed by atoms with Crippen LogP contribution in [0.2, 0.25) is 5.02 Å². The van der Waals surface area contributed by atoms with E-state index in [1.54, 1.807) is 4.57 Å². The van der Waals surface area contributed by atoms with E-state index < -0.39 is 0 Å². The average Bonchev–Trinajstić information content (AvgIpc) is 2.79. The molecular weight excluding hydrogens is 519 g/mol. The fraction of sp³-hybridized carbons (Fsp3) is 0. The molecule has 0 saturated heterocycles. The van der Waals surface area contributed by atoms with Gasteiger partial charge in [-0.25, -0.2) is 4.98 Å². The minimum atomic E-state index is -0.0874. The van der Waals surface area contributed by atoms with E-state index in [1.807, 2.05) is 97.1 Å². The molecule has 0 aliphatic carbocycles. The van der Waals surface area contributed by atoms with E-state index in [9.17, 15) is 4.79 Å². The second-order valence-corrected chi connectivity index (χ2v) is 8.84. The quantitative estimate of drug-likeness (QED) is 0.234.